The lowest BCUT2D eigenvalue weighted by Crippen LogP contribution is -2.21. The third-order valence-corrected chi connectivity index (χ3v) is 3.93. The van der Waals surface area contributed by atoms with Crippen molar-refractivity contribution in [3.8, 4) is 0 Å². The van der Waals surface area contributed by atoms with Crippen molar-refractivity contribution in [2.24, 2.45) is 0 Å². The summed E-state index contributed by atoms with van der Waals surface area (Å²) in [6.45, 7) is 1.98. The van der Waals surface area contributed by atoms with Crippen molar-refractivity contribution in [2.75, 3.05) is 5.33 Å². The molecule has 0 heterocycles. The van der Waals surface area contributed by atoms with Crippen LogP contribution in [-0.2, 0) is 10.1 Å². The second-order valence-corrected chi connectivity index (χ2v) is 4.78. The average Bonchev–Trinajstić information content (AvgIpc) is 1.87. The van der Waals surface area contributed by atoms with Gasteiger partial charge in [-0.25, -0.2) is 0 Å². The molecule has 0 aliphatic heterocycles. The highest BCUT2D eigenvalue weighted by molar-refractivity contribution is 9.09. The molecule has 0 radical (unpaired) electrons. The summed E-state index contributed by atoms with van der Waals surface area (Å²) in [6.07, 6.45) is 2.30. The van der Waals surface area contributed by atoms with Crippen LogP contribution in [0.1, 0.15) is 26.2 Å². The Kier molecular flexibility index (Phi) is 5.29. The highest BCUT2D eigenvalue weighted by Gasteiger charge is 2.20. The van der Waals surface area contributed by atoms with Crippen molar-refractivity contribution in [1.29, 1.82) is 0 Å². The van der Waals surface area contributed by atoms with Crippen molar-refractivity contribution >= 4 is 26.0 Å². The van der Waals surface area contributed by atoms with Crippen LogP contribution < -0.4 is 0 Å². The Bertz CT molecular complexity index is 188. The fourth-order valence-corrected chi connectivity index (χ4v) is 2.69. The molecule has 1 unspecified atom stereocenters. The van der Waals surface area contributed by atoms with Crippen LogP contribution in [0.4, 0.5) is 0 Å². The summed E-state index contributed by atoms with van der Waals surface area (Å²) in [7, 11) is -3.83. The Hall–Kier alpha value is 0.390. The number of alkyl halides is 1. The van der Waals surface area contributed by atoms with Gasteiger partial charge in [0.15, 0.2) is 0 Å². The molecule has 0 aromatic carbocycles. The third-order valence-electron chi connectivity index (χ3n) is 1.47. The monoisotopic (exact) mass is 244 g/mol. The Balaban J connectivity index is 3.97. The Morgan fingerprint density at radius 3 is 2.36 bits per heavy atom. The van der Waals surface area contributed by atoms with Gasteiger partial charge < -0.3 is 0 Å². The second kappa shape index (κ2) is 5.11. The van der Waals surface area contributed by atoms with Gasteiger partial charge in [0, 0.05) is 5.33 Å². The Morgan fingerprint density at radius 2 is 2.09 bits per heavy atom. The molecule has 0 aromatic rings. The van der Waals surface area contributed by atoms with E-state index >= 15 is 0 Å². The van der Waals surface area contributed by atoms with Crippen molar-refractivity contribution in [3.63, 3.8) is 0 Å². The van der Waals surface area contributed by atoms with Crippen molar-refractivity contribution in [2.45, 2.75) is 31.4 Å². The zero-order valence-corrected chi connectivity index (χ0v) is 8.86. The van der Waals surface area contributed by atoms with Crippen LogP contribution in [0.15, 0.2) is 0 Å². The molecule has 0 saturated carbocycles. The van der Waals surface area contributed by atoms with Crippen LogP contribution >= 0.6 is 15.9 Å². The van der Waals surface area contributed by atoms with Gasteiger partial charge in [-0.2, -0.15) is 8.42 Å². The molecule has 0 fully saturated rings. The number of halogens is 1. The summed E-state index contributed by atoms with van der Waals surface area (Å²) in [6, 6.07) is 0. The fraction of sp³-hybridized carbons (Fsp3) is 1.00. The molecule has 0 saturated heterocycles. The first kappa shape index (κ1) is 11.4. The number of hydrogen-bond donors (Lipinski definition) is 1. The van der Waals surface area contributed by atoms with E-state index in [-0.39, 0.29) is 0 Å². The van der Waals surface area contributed by atoms with Crippen LogP contribution in [0, 0.1) is 0 Å². The molecular formula is C6H13BrO3S. The summed E-state index contributed by atoms with van der Waals surface area (Å²) >= 11 is 3.04. The maximum absolute atomic E-state index is 10.6. The largest absolute Gasteiger partial charge is 0.285 e. The molecule has 0 aromatic heterocycles. The van der Waals surface area contributed by atoms with Gasteiger partial charge in [0.2, 0.25) is 0 Å². The smallest absolute Gasteiger partial charge is 0.268 e. The molecular weight excluding hydrogens is 232 g/mol. The van der Waals surface area contributed by atoms with Crippen LogP contribution in [-0.4, -0.2) is 23.6 Å². The standard InChI is InChI=1S/C6H13BrO3S/c1-2-3-4-6(5-7)11(8,9)10/h6H,2-5H2,1H3,(H,8,9,10). The van der Waals surface area contributed by atoms with Crippen molar-refractivity contribution < 1.29 is 13.0 Å². The summed E-state index contributed by atoms with van der Waals surface area (Å²) < 4.78 is 29.8. The summed E-state index contributed by atoms with van der Waals surface area (Å²) in [5, 5.41) is -0.325. The van der Waals surface area contributed by atoms with Gasteiger partial charge in [-0.1, -0.05) is 35.7 Å². The van der Waals surface area contributed by atoms with Gasteiger partial charge in [-0.3, -0.25) is 4.55 Å². The van der Waals surface area contributed by atoms with Gasteiger partial charge in [0.1, 0.15) is 0 Å². The van der Waals surface area contributed by atoms with E-state index in [1.54, 1.807) is 0 Å². The molecule has 68 valence electrons. The molecule has 11 heavy (non-hydrogen) atoms. The SMILES string of the molecule is CCCCC(CBr)S(=O)(=O)O. The normalized spacial score (nSPS) is 14.8. The predicted octanol–water partition coefficient (Wildman–Crippen LogP) is 1.83. The number of hydrogen-bond acceptors (Lipinski definition) is 2. The zero-order chi connectivity index (χ0) is 8.91. The van der Waals surface area contributed by atoms with Crippen LogP contribution in [0.3, 0.4) is 0 Å². The molecule has 1 atom stereocenters. The summed E-state index contributed by atoms with van der Waals surface area (Å²) in [5.74, 6) is 0. The lowest BCUT2D eigenvalue weighted by atomic mass is 10.2. The molecule has 0 amide bonds. The molecule has 1 N–H and O–H groups in total. The number of unbranched alkanes of at least 4 members (excludes halogenated alkanes) is 1. The maximum Gasteiger partial charge on any atom is 0.268 e. The third kappa shape index (κ3) is 4.76. The van der Waals surface area contributed by atoms with Crippen LogP contribution in [0.25, 0.3) is 0 Å². The van der Waals surface area contributed by atoms with Gasteiger partial charge >= 0.3 is 0 Å². The van der Waals surface area contributed by atoms with E-state index in [0.29, 0.717) is 11.8 Å². The van der Waals surface area contributed by atoms with Crippen molar-refractivity contribution in [1.82, 2.24) is 0 Å². The van der Waals surface area contributed by atoms with E-state index in [4.69, 9.17) is 4.55 Å². The first-order chi connectivity index (χ1) is 5.02. The fourth-order valence-electron chi connectivity index (χ4n) is 0.737. The average molecular weight is 245 g/mol. The lowest BCUT2D eigenvalue weighted by molar-refractivity contribution is 0.465. The van der Waals surface area contributed by atoms with Crippen LogP contribution in [0.2, 0.25) is 0 Å². The van der Waals surface area contributed by atoms with E-state index < -0.39 is 15.4 Å². The second-order valence-electron chi connectivity index (χ2n) is 2.43. The van der Waals surface area contributed by atoms with Gasteiger partial charge in [-0.05, 0) is 6.42 Å². The Labute approximate surface area is 76.1 Å². The number of rotatable bonds is 5. The minimum absolute atomic E-state index is 0.311. The van der Waals surface area contributed by atoms with Gasteiger partial charge in [-0.15, -0.1) is 0 Å². The maximum atomic E-state index is 10.6. The predicted molar refractivity (Wildman–Crippen MR) is 48.7 cm³/mol. The Morgan fingerprint density at radius 1 is 1.55 bits per heavy atom. The zero-order valence-electron chi connectivity index (χ0n) is 6.46. The summed E-state index contributed by atoms with van der Waals surface area (Å²) in [4.78, 5) is 0. The first-order valence-corrected chi connectivity index (χ1v) is 6.17. The molecule has 0 bridgehead atoms. The van der Waals surface area contributed by atoms with E-state index in [1.165, 1.54) is 0 Å². The van der Waals surface area contributed by atoms with E-state index in [9.17, 15) is 8.42 Å². The quantitative estimate of drug-likeness (QED) is 0.593. The minimum Gasteiger partial charge on any atom is -0.285 e. The highest BCUT2D eigenvalue weighted by atomic mass is 79.9. The lowest BCUT2D eigenvalue weighted by Gasteiger charge is -2.08. The molecule has 3 nitrogen and oxygen atoms in total. The molecule has 0 spiro atoms. The van der Waals surface area contributed by atoms with Crippen molar-refractivity contribution in [3.05, 3.63) is 0 Å². The van der Waals surface area contributed by atoms with E-state index in [1.807, 2.05) is 6.92 Å². The topological polar surface area (TPSA) is 54.4 Å². The molecule has 0 aliphatic rings. The first-order valence-electron chi connectivity index (χ1n) is 3.54. The van der Waals surface area contributed by atoms with Gasteiger partial charge in [0.25, 0.3) is 10.1 Å². The molecule has 0 aliphatic carbocycles. The molecule has 5 heteroatoms. The van der Waals surface area contributed by atoms with E-state index in [2.05, 4.69) is 15.9 Å². The summed E-state index contributed by atoms with van der Waals surface area (Å²) in [5.41, 5.74) is 0. The highest BCUT2D eigenvalue weighted by Crippen LogP contribution is 2.11. The minimum atomic E-state index is -3.83. The molecule has 0 rings (SSSR count). The van der Waals surface area contributed by atoms with Gasteiger partial charge in [0.05, 0.1) is 5.25 Å². The van der Waals surface area contributed by atoms with Crippen LogP contribution in [0.5, 0.6) is 0 Å². The van der Waals surface area contributed by atoms with E-state index in [0.717, 1.165) is 12.8 Å².